The Labute approximate surface area is 130 Å². The predicted molar refractivity (Wildman–Crippen MR) is 87.8 cm³/mol. The quantitative estimate of drug-likeness (QED) is 0.920. The molecule has 0 aromatic carbocycles. The van der Waals surface area contributed by atoms with Crippen molar-refractivity contribution in [2.45, 2.75) is 38.3 Å². The summed E-state index contributed by atoms with van der Waals surface area (Å²) in [5, 5.41) is 5.98. The topological polar surface area (TPSA) is 41.0 Å². The summed E-state index contributed by atoms with van der Waals surface area (Å²) in [7, 11) is 0. The molecule has 1 N–H and O–H groups in total. The third-order valence-corrected chi connectivity index (χ3v) is 4.97. The summed E-state index contributed by atoms with van der Waals surface area (Å²) >= 11 is 1.84. The van der Waals surface area contributed by atoms with E-state index in [1.807, 2.05) is 29.8 Å². The first-order valence-corrected chi connectivity index (χ1v) is 8.56. The fraction of sp³-hybridized carbons (Fsp3) is 0.500. The van der Waals surface area contributed by atoms with Crippen molar-refractivity contribution in [3.63, 3.8) is 0 Å². The molecular formula is C16H22N4S. The van der Waals surface area contributed by atoms with Gasteiger partial charge in [-0.15, -0.1) is 11.3 Å². The van der Waals surface area contributed by atoms with Gasteiger partial charge in [-0.25, -0.2) is 9.97 Å². The van der Waals surface area contributed by atoms with Crippen molar-refractivity contribution in [1.82, 2.24) is 15.3 Å². The van der Waals surface area contributed by atoms with Gasteiger partial charge in [-0.05, 0) is 36.8 Å². The Bertz CT molecular complexity index is 528. The van der Waals surface area contributed by atoms with E-state index in [9.17, 15) is 0 Å². The van der Waals surface area contributed by atoms with E-state index in [-0.39, 0.29) is 0 Å². The minimum atomic E-state index is 0.464. The van der Waals surface area contributed by atoms with Crippen LogP contribution in [0.5, 0.6) is 0 Å². The van der Waals surface area contributed by atoms with Gasteiger partial charge in [0.15, 0.2) is 0 Å². The van der Waals surface area contributed by atoms with Gasteiger partial charge < -0.3 is 10.2 Å². The maximum atomic E-state index is 4.38. The molecule has 0 radical (unpaired) electrons. The van der Waals surface area contributed by atoms with Crippen LogP contribution < -0.4 is 10.2 Å². The van der Waals surface area contributed by atoms with E-state index in [4.69, 9.17) is 0 Å². The fourth-order valence-corrected chi connectivity index (χ4v) is 3.79. The molecule has 2 aromatic rings. The van der Waals surface area contributed by atoms with E-state index in [1.165, 1.54) is 17.7 Å². The summed E-state index contributed by atoms with van der Waals surface area (Å²) in [4.78, 5) is 12.5. The largest absolute Gasteiger partial charge is 0.339 e. The van der Waals surface area contributed by atoms with Crippen molar-refractivity contribution in [3.8, 4) is 0 Å². The van der Waals surface area contributed by atoms with Gasteiger partial charge in [0, 0.05) is 42.4 Å². The average molecular weight is 302 g/mol. The molecule has 3 rings (SSSR count). The minimum Gasteiger partial charge on any atom is -0.339 e. The molecular weight excluding hydrogens is 280 g/mol. The second-order valence-electron chi connectivity index (χ2n) is 5.48. The smallest absolute Gasteiger partial charge is 0.225 e. The number of hydrogen-bond donors (Lipinski definition) is 1. The van der Waals surface area contributed by atoms with Gasteiger partial charge in [-0.1, -0.05) is 13.0 Å². The average Bonchev–Trinajstić information content (AvgIpc) is 3.08. The zero-order valence-electron chi connectivity index (χ0n) is 12.4. The van der Waals surface area contributed by atoms with Crippen LogP contribution in [0, 0.1) is 0 Å². The second-order valence-corrected chi connectivity index (χ2v) is 6.46. The first kappa shape index (κ1) is 14.5. The third kappa shape index (κ3) is 3.60. The highest BCUT2D eigenvalue weighted by Gasteiger charge is 2.24. The lowest BCUT2D eigenvalue weighted by molar-refractivity contribution is 0.372. The molecule has 2 aromatic heterocycles. The number of nitrogens with one attached hydrogen (secondary N) is 1. The molecule has 0 spiro atoms. The van der Waals surface area contributed by atoms with Crippen molar-refractivity contribution in [2.24, 2.45) is 0 Å². The summed E-state index contributed by atoms with van der Waals surface area (Å²) in [5.74, 6) is 0.855. The van der Waals surface area contributed by atoms with Crippen LogP contribution >= 0.6 is 11.3 Å². The molecule has 0 amide bonds. The van der Waals surface area contributed by atoms with Crippen molar-refractivity contribution in [2.75, 3.05) is 18.0 Å². The Morgan fingerprint density at radius 2 is 2.24 bits per heavy atom. The number of aromatic nitrogens is 2. The monoisotopic (exact) mass is 302 g/mol. The van der Waals surface area contributed by atoms with Gasteiger partial charge in [-0.3, -0.25) is 0 Å². The lowest BCUT2D eigenvalue weighted by Gasteiger charge is -2.35. The minimum absolute atomic E-state index is 0.464. The zero-order valence-corrected chi connectivity index (χ0v) is 13.2. The van der Waals surface area contributed by atoms with E-state index >= 15 is 0 Å². The molecule has 5 heteroatoms. The highest BCUT2D eigenvalue weighted by atomic mass is 32.1. The Morgan fingerprint density at radius 3 is 2.95 bits per heavy atom. The van der Waals surface area contributed by atoms with Crippen molar-refractivity contribution in [3.05, 3.63) is 40.8 Å². The molecule has 1 fully saturated rings. The SMILES string of the molecule is CCC(NC1CCCN(c2ncccn2)C1)c1cccs1. The van der Waals surface area contributed by atoms with Crippen LogP contribution in [0.4, 0.5) is 5.95 Å². The Balaban J connectivity index is 1.63. The molecule has 0 aliphatic carbocycles. The number of piperidine rings is 1. The van der Waals surface area contributed by atoms with Crippen LogP contribution in [0.25, 0.3) is 0 Å². The van der Waals surface area contributed by atoms with Gasteiger partial charge in [0.1, 0.15) is 0 Å². The van der Waals surface area contributed by atoms with E-state index in [2.05, 4.69) is 44.6 Å². The first-order chi connectivity index (χ1) is 10.4. The molecule has 3 heterocycles. The summed E-state index contributed by atoms with van der Waals surface area (Å²) in [6.07, 6.45) is 7.18. The van der Waals surface area contributed by atoms with E-state index in [0.717, 1.165) is 25.5 Å². The summed E-state index contributed by atoms with van der Waals surface area (Å²) < 4.78 is 0. The number of nitrogens with zero attached hydrogens (tertiary/aromatic N) is 3. The van der Waals surface area contributed by atoms with Gasteiger partial charge in [0.2, 0.25) is 5.95 Å². The van der Waals surface area contributed by atoms with Gasteiger partial charge in [-0.2, -0.15) is 0 Å². The number of rotatable bonds is 5. The Hall–Kier alpha value is -1.46. The standard InChI is InChI=1S/C16H22N4S/c1-2-14(15-7-4-11-21-15)19-13-6-3-10-20(12-13)16-17-8-5-9-18-16/h4-5,7-9,11,13-14,19H,2-3,6,10,12H2,1H3. The van der Waals surface area contributed by atoms with Crippen molar-refractivity contribution in [1.29, 1.82) is 0 Å². The normalized spacial score (nSPS) is 20.4. The zero-order chi connectivity index (χ0) is 14.5. The van der Waals surface area contributed by atoms with E-state index in [0.29, 0.717) is 12.1 Å². The van der Waals surface area contributed by atoms with Crippen LogP contribution in [-0.2, 0) is 0 Å². The molecule has 21 heavy (non-hydrogen) atoms. The molecule has 1 aliphatic rings. The van der Waals surface area contributed by atoms with Crippen LogP contribution in [0.15, 0.2) is 36.0 Å². The molecule has 0 saturated carbocycles. The van der Waals surface area contributed by atoms with Crippen LogP contribution in [0.3, 0.4) is 0 Å². The fourth-order valence-electron chi connectivity index (χ4n) is 2.92. The molecule has 1 saturated heterocycles. The second kappa shape index (κ2) is 7.00. The Morgan fingerprint density at radius 1 is 1.38 bits per heavy atom. The lowest BCUT2D eigenvalue weighted by atomic mass is 10.0. The predicted octanol–water partition coefficient (Wildman–Crippen LogP) is 3.25. The van der Waals surface area contributed by atoms with Crippen molar-refractivity contribution < 1.29 is 0 Å². The molecule has 2 unspecified atom stereocenters. The summed E-state index contributed by atoms with van der Waals surface area (Å²) in [5.41, 5.74) is 0. The van der Waals surface area contributed by atoms with Crippen LogP contribution in [-0.4, -0.2) is 29.1 Å². The third-order valence-electron chi connectivity index (χ3n) is 3.99. The highest BCUT2D eigenvalue weighted by molar-refractivity contribution is 7.10. The molecule has 4 nitrogen and oxygen atoms in total. The number of thiophene rings is 1. The van der Waals surface area contributed by atoms with Gasteiger partial charge >= 0.3 is 0 Å². The first-order valence-electron chi connectivity index (χ1n) is 7.68. The number of anilines is 1. The summed E-state index contributed by atoms with van der Waals surface area (Å²) in [6, 6.07) is 7.20. The van der Waals surface area contributed by atoms with E-state index < -0.39 is 0 Å². The molecule has 1 aliphatic heterocycles. The van der Waals surface area contributed by atoms with Gasteiger partial charge in [0.05, 0.1) is 0 Å². The van der Waals surface area contributed by atoms with Crippen LogP contribution in [0.2, 0.25) is 0 Å². The Kier molecular flexibility index (Phi) is 4.83. The van der Waals surface area contributed by atoms with Crippen LogP contribution in [0.1, 0.15) is 37.1 Å². The molecule has 112 valence electrons. The van der Waals surface area contributed by atoms with E-state index in [1.54, 1.807) is 0 Å². The number of hydrogen-bond acceptors (Lipinski definition) is 5. The van der Waals surface area contributed by atoms with Gasteiger partial charge in [0.25, 0.3) is 0 Å². The highest BCUT2D eigenvalue weighted by Crippen LogP contribution is 2.24. The van der Waals surface area contributed by atoms with Crippen molar-refractivity contribution >= 4 is 17.3 Å². The maximum absolute atomic E-state index is 4.38. The maximum Gasteiger partial charge on any atom is 0.225 e. The molecule has 0 bridgehead atoms. The molecule has 2 atom stereocenters. The lowest BCUT2D eigenvalue weighted by Crippen LogP contribution is -2.47. The summed E-state index contributed by atoms with van der Waals surface area (Å²) in [6.45, 7) is 4.29.